The predicted molar refractivity (Wildman–Crippen MR) is 165 cm³/mol. The van der Waals surface area contributed by atoms with Crippen molar-refractivity contribution in [3.05, 3.63) is 115 Å². The average molecular weight is 560 g/mol. The SMILES string of the molecule is C/C=C/C(=O)Nc1cccc(-c2cc(-c3ccc(C(=O)Nc4cc(C5CC5)ccn4)cc3)cc3cncnc23)c1.CF. The van der Waals surface area contributed by atoms with Crippen LogP contribution in [0, 0.1) is 0 Å². The van der Waals surface area contributed by atoms with Crippen LogP contribution >= 0.6 is 0 Å². The van der Waals surface area contributed by atoms with E-state index in [9.17, 15) is 14.0 Å². The quantitative estimate of drug-likeness (QED) is 0.200. The number of benzene rings is 3. The number of allylic oxidation sites excluding steroid dienone is 1. The molecule has 0 bridgehead atoms. The fourth-order valence-corrected chi connectivity index (χ4v) is 4.78. The van der Waals surface area contributed by atoms with E-state index in [4.69, 9.17) is 0 Å². The van der Waals surface area contributed by atoms with E-state index in [1.807, 2.05) is 66.7 Å². The van der Waals surface area contributed by atoms with E-state index in [0.717, 1.165) is 33.2 Å². The second-order valence-electron chi connectivity index (χ2n) is 9.83. The number of nitrogens with zero attached hydrogens (tertiary/aromatic N) is 3. The standard InChI is InChI=1S/C33H27N5O2.CH3F/c1-2-4-31(39)37-28-6-3-5-25(16-28)29-17-26(15-27-19-34-20-36-32(27)29)22-9-11-23(12-10-22)33(40)38-30-18-24(13-14-35-30)21-7-8-21;1-2/h2-6,9-21H,7-8H2,1H3,(H,37,39)(H,35,38,40);1H3/b4-2+;. The van der Waals surface area contributed by atoms with Crippen molar-refractivity contribution in [3.63, 3.8) is 0 Å². The molecule has 2 N–H and O–H groups in total. The van der Waals surface area contributed by atoms with Crippen LogP contribution in [-0.2, 0) is 4.79 Å². The number of carbonyl (C=O) groups is 2. The number of aromatic nitrogens is 3. The van der Waals surface area contributed by atoms with Gasteiger partial charge in [-0.2, -0.15) is 0 Å². The minimum atomic E-state index is -0.198. The summed E-state index contributed by atoms with van der Waals surface area (Å²) in [6, 6.07) is 23.3. The Bertz CT molecular complexity index is 1760. The van der Waals surface area contributed by atoms with Gasteiger partial charge >= 0.3 is 0 Å². The molecule has 0 radical (unpaired) electrons. The summed E-state index contributed by atoms with van der Waals surface area (Å²) in [6.07, 6.45) is 10.6. The number of anilines is 2. The molecule has 1 aliphatic carbocycles. The number of pyridine rings is 1. The second-order valence-corrected chi connectivity index (χ2v) is 9.83. The van der Waals surface area contributed by atoms with Crippen LogP contribution in [0.3, 0.4) is 0 Å². The molecule has 6 rings (SSSR count). The van der Waals surface area contributed by atoms with Gasteiger partial charge in [-0.1, -0.05) is 30.3 Å². The zero-order valence-electron chi connectivity index (χ0n) is 23.3. The van der Waals surface area contributed by atoms with Crippen LogP contribution in [0.5, 0.6) is 0 Å². The van der Waals surface area contributed by atoms with Crippen LogP contribution in [0.2, 0.25) is 0 Å². The molecule has 0 unspecified atom stereocenters. The smallest absolute Gasteiger partial charge is 0.256 e. The largest absolute Gasteiger partial charge is 0.323 e. The van der Waals surface area contributed by atoms with Gasteiger partial charge in [-0.15, -0.1) is 0 Å². The highest BCUT2D eigenvalue weighted by Crippen LogP contribution is 2.40. The fraction of sp³-hybridized carbons (Fsp3) is 0.147. The van der Waals surface area contributed by atoms with Gasteiger partial charge < -0.3 is 10.6 Å². The Kier molecular flexibility index (Phi) is 8.72. The van der Waals surface area contributed by atoms with Gasteiger partial charge in [-0.05, 0) is 103 Å². The highest BCUT2D eigenvalue weighted by atomic mass is 19.1. The third kappa shape index (κ3) is 6.55. The van der Waals surface area contributed by atoms with E-state index in [0.29, 0.717) is 30.2 Å². The van der Waals surface area contributed by atoms with Crippen molar-refractivity contribution in [2.75, 3.05) is 17.8 Å². The van der Waals surface area contributed by atoms with Crippen molar-refractivity contribution < 1.29 is 14.0 Å². The van der Waals surface area contributed by atoms with E-state index in [1.165, 1.54) is 30.8 Å². The molecule has 42 heavy (non-hydrogen) atoms. The average Bonchev–Trinajstić information content (AvgIpc) is 3.88. The fourth-order valence-electron chi connectivity index (χ4n) is 4.78. The van der Waals surface area contributed by atoms with Crippen LogP contribution in [0.1, 0.15) is 41.6 Å². The van der Waals surface area contributed by atoms with Gasteiger partial charge in [-0.3, -0.25) is 14.0 Å². The minimum absolute atomic E-state index is 0.184. The van der Waals surface area contributed by atoms with Gasteiger partial charge in [0, 0.05) is 34.6 Å². The lowest BCUT2D eigenvalue weighted by atomic mass is 9.95. The van der Waals surface area contributed by atoms with Gasteiger partial charge in [0.2, 0.25) is 5.91 Å². The maximum absolute atomic E-state index is 12.9. The highest BCUT2D eigenvalue weighted by molar-refractivity contribution is 6.04. The van der Waals surface area contributed by atoms with Gasteiger partial charge in [0.1, 0.15) is 12.1 Å². The number of hydrogen-bond donors (Lipinski definition) is 2. The molecule has 210 valence electrons. The number of carbonyl (C=O) groups excluding carboxylic acids is 2. The number of rotatable bonds is 7. The number of fused-ring (bicyclic) bond motifs is 1. The van der Waals surface area contributed by atoms with Gasteiger partial charge in [0.15, 0.2) is 0 Å². The first kappa shape index (κ1) is 28.3. The summed E-state index contributed by atoms with van der Waals surface area (Å²) in [5.74, 6) is 0.781. The Labute approximate surface area is 243 Å². The molecule has 8 heteroatoms. The summed E-state index contributed by atoms with van der Waals surface area (Å²) < 4.78 is 9.50. The molecule has 5 aromatic rings. The zero-order chi connectivity index (χ0) is 29.5. The number of hydrogen-bond acceptors (Lipinski definition) is 5. The molecule has 0 aliphatic heterocycles. The summed E-state index contributed by atoms with van der Waals surface area (Å²) >= 11 is 0. The van der Waals surface area contributed by atoms with E-state index >= 15 is 0 Å². The lowest BCUT2D eigenvalue weighted by molar-refractivity contribution is -0.111. The minimum Gasteiger partial charge on any atom is -0.323 e. The molecule has 3 aromatic carbocycles. The van der Waals surface area contributed by atoms with Crippen molar-refractivity contribution in [2.45, 2.75) is 25.7 Å². The monoisotopic (exact) mass is 559 g/mol. The van der Waals surface area contributed by atoms with Crippen LogP contribution in [0.15, 0.2) is 104 Å². The summed E-state index contributed by atoms with van der Waals surface area (Å²) in [5.41, 5.74) is 7.04. The van der Waals surface area contributed by atoms with Crippen LogP contribution in [0.4, 0.5) is 15.9 Å². The lowest BCUT2D eigenvalue weighted by Gasteiger charge is -2.12. The lowest BCUT2D eigenvalue weighted by Crippen LogP contribution is -2.13. The van der Waals surface area contributed by atoms with E-state index in [-0.39, 0.29) is 11.8 Å². The number of halogens is 1. The first-order valence-electron chi connectivity index (χ1n) is 13.6. The van der Waals surface area contributed by atoms with E-state index in [2.05, 4.69) is 31.7 Å². The first-order valence-corrected chi connectivity index (χ1v) is 13.6. The van der Waals surface area contributed by atoms with Crippen LogP contribution < -0.4 is 10.6 Å². The number of nitrogens with one attached hydrogen (secondary N) is 2. The molecule has 0 spiro atoms. The topological polar surface area (TPSA) is 96.9 Å². The van der Waals surface area contributed by atoms with Crippen LogP contribution in [-0.4, -0.2) is 33.9 Å². The maximum Gasteiger partial charge on any atom is 0.256 e. The van der Waals surface area contributed by atoms with Crippen molar-refractivity contribution in [1.29, 1.82) is 0 Å². The zero-order valence-corrected chi connectivity index (χ0v) is 23.3. The van der Waals surface area contributed by atoms with Crippen LogP contribution in [0.25, 0.3) is 33.2 Å². The molecular formula is C34H30FN5O2. The van der Waals surface area contributed by atoms with Crippen molar-refractivity contribution in [1.82, 2.24) is 15.0 Å². The molecule has 1 fully saturated rings. The molecule has 2 amide bonds. The molecule has 0 saturated heterocycles. The van der Waals surface area contributed by atoms with Gasteiger partial charge in [-0.25, -0.2) is 15.0 Å². The van der Waals surface area contributed by atoms with Gasteiger partial charge in [0.25, 0.3) is 5.91 Å². The van der Waals surface area contributed by atoms with E-state index in [1.54, 1.807) is 25.4 Å². The highest BCUT2D eigenvalue weighted by Gasteiger charge is 2.24. The van der Waals surface area contributed by atoms with E-state index < -0.39 is 0 Å². The molecule has 1 saturated carbocycles. The van der Waals surface area contributed by atoms with Crippen molar-refractivity contribution in [2.24, 2.45) is 0 Å². The van der Waals surface area contributed by atoms with Crippen molar-refractivity contribution >= 4 is 34.2 Å². The van der Waals surface area contributed by atoms with Crippen molar-refractivity contribution in [3.8, 4) is 22.3 Å². The molecule has 7 nitrogen and oxygen atoms in total. The normalized spacial score (nSPS) is 12.5. The third-order valence-corrected chi connectivity index (χ3v) is 6.92. The van der Waals surface area contributed by atoms with Gasteiger partial charge in [0.05, 0.1) is 12.7 Å². The summed E-state index contributed by atoms with van der Waals surface area (Å²) in [6.45, 7) is 1.80. The Hall–Kier alpha value is -5.24. The molecule has 1 aliphatic rings. The first-order chi connectivity index (χ1) is 20.6. The maximum atomic E-state index is 12.9. The molecular weight excluding hydrogens is 529 g/mol. The molecule has 2 heterocycles. The molecule has 0 atom stereocenters. The predicted octanol–water partition coefficient (Wildman–Crippen LogP) is 7.59. The second kappa shape index (κ2) is 13.0. The number of alkyl halides is 1. The Morgan fingerprint density at radius 1 is 0.881 bits per heavy atom. The Morgan fingerprint density at radius 2 is 1.69 bits per heavy atom. The Morgan fingerprint density at radius 3 is 2.45 bits per heavy atom. The molecule has 2 aromatic heterocycles. The summed E-state index contributed by atoms with van der Waals surface area (Å²) in [7, 11) is 0.500. The number of amides is 2. The Balaban J connectivity index is 0.00000173. The third-order valence-electron chi connectivity index (χ3n) is 6.92. The summed E-state index contributed by atoms with van der Waals surface area (Å²) in [4.78, 5) is 38.1. The summed E-state index contributed by atoms with van der Waals surface area (Å²) in [5, 5.41) is 6.70.